The van der Waals surface area contributed by atoms with Crippen molar-refractivity contribution in [3.05, 3.63) is 58.1 Å². The van der Waals surface area contributed by atoms with Crippen molar-refractivity contribution >= 4 is 17.8 Å². The van der Waals surface area contributed by atoms with Crippen molar-refractivity contribution in [3.8, 4) is 5.75 Å². The van der Waals surface area contributed by atoms with Crippen LogP contribution in [0.3, 0.4) is 0 Å². The zero-order valence-corrected chi connectivity index (χ0v) is 12.7. The number of methoxy groups -OCH3 is 1. The molecule has 0 aliphatic rings. The van der Waals surface area contributed by atoms with Crippen molar-refractivity contribution in [1.29, 1.82) is 0 Å². The van der Waals surface area contributed by atoms with Gasteiger partial charge in [0.05, 0.1) is 7.11 Å². The summed E-state index contributed by atoms with van der Waals surface area (Å²) in [5, 5.41) is 0. The second-order valence-corrected chi connectivity index (χ2v) is 5.18. The summed E-state index contributed by atoms with van der Waals surface area (Å²) in [6.45, 7) is 6.47. The van der Waals surface area contributed by atoms with Crippen LogP contribution in [-0.2, 0) is 0 Å². The number of rotatable bonds is 3. The van der Waals surface area contributed by atoms with Gasteiger partial charge < -0.3 is 10.5 Å². The van der Waals surface area contributed by atoms with E-state index in [9.17, 15) is 0 Å². The first-order chi connectivity index (χ1) is 9.51. The molecule has 2 heteroatoms. The van der Waals surface area contributed by atoms with E-state index >= 15 is 0 Å². The minimum atomic E-state index is 0.823. The van der Waals surface area contributed by atoms with Gasteiger partial charge in [0.15, 0.2) is 11.4 Å². The van der Waals surface area contributed by atoms with Crippen molar-refractivity contribution in [2.75, 3.05) is 7.11 Å². The molecule has 2 nitrogen and oxygen atoms in total. The molecule has 2 aromatic carbocycles. The topological polar surface area (TPSA) is 36.9 Å². The zero-order chi connectivity index (χ0) is 14.7. The lowest BCUT2D eigenvalue weighted by Crippen LogP contribution is -2.40. The Morgan fingerprint density at radius 3 is 2.05 bits per heavy atom. The van der Waals surface area contributed by atoms with E-state index in [4.69, 9.17) is 4.74 Å². The van der Waals surface area contributed by atoms with E-state index < -0.39 is 0 Å². The van der Waals surface area contributed by atoms with Crippen LogP contribution >= 0.6 is 0 Å². The molecule has 0 aromatic heterocycles. The van der Waals surface area contributed by atoms with Gasteiger partial charge in [0.2, 0.25) is 0 Å². The molecule has 104 valence electrons. The fourth-order valence-electron chi connectivity index (χ4n) is 2.26. The van der Waals surface area contributed by atoms with Crippen LogP contribution in [0.25, 0.3) is 12.2 Å². The normalized spacial score (nSPS) is 11.1. The van der Waals surface area contributed by atoms with E-state index in [1.165, 1.54) is 22.3 Å². The van der Waals surface area contributed by atoms with Gasteiger partial charge in [0.25, 0.3) is 0 Å². The largest absolute Gasteiger partial charge is 0.491 e. The van der Waals surface area contributed by atoms with Gasteiger partial charge in [0, 0.05) is 6.07 Å². The van der Waals surface area contributed by atoms with Gasteiger partial charge >= 0.3 is 0 Å². The fraction of sp³-hybridized carbons (Fsp3) is 0.222. The molecule has 0 radical (unpaired) electrons. The molecule has 0 saturated heterocycles. The van der Waals surface area contributed by atoms with Crippen molar-refractivity contribution < 1.29 is 10.5 Å². The third-order valence-electron chi connectivity index (χ3n) is 3.72. The Morgan fingerprint density at radius 1 is 0.900 bits per heavy atom. The van der Waals surface area contributed by atoms with Crippen LogP contribution in [0.1, 0.15) is 27.8 Å². The Morgan fingerprint density at radius 2 is 1.50 bits per heavy atom. The number of aryl methyl sites for hydroxylation is 2. The lowest BCUT2D eigenvalue weighted by molar-refractivity contribution is -0.256. The highest BCUT2D eigenvalue weighted by atomic mass is 16.5. The molecular weight excluding hydrogens is 246 g/mol. The maximum atomic E-state index is 5.22. The maximum absolute atomic E-state index is 5.22. The Bertz CT molecular complexity index is 633. The molecule has 2 rings (SSSR count). The summed E-state index contributed by atoms with van der Waals surface area (Å²) in [5.41, 5.74) is 11.3. The fourth-order valence-corrected chi connectivity index (χ4v) is 2.26. The highest BCUT2D eigenvalue weighted by molar-refractivity contribution is 5.72. The maximum Gasteiger partial charge on any atom is 0.179 e. The lowest BCUT2D eigenvalue weighted by Gasteiger charge is -2.06. The van der Waals surface area contributed by atoms with E-state index in [-0.39, 0.29) is 0 Å². The molecular formula is C18H22NO+. The summed E-state index contributed by atoms with van der Waals surface area (Å²) in [7, 11) is 1.66. The SMILES string of the molecule is COc1ccc(/C=C/c2cc(C)c(C)c(C)c2)cc1[NH3+]. The average molecular weight is 268 g/mol. The second-order valence-electron chi connectivity index (χ2n) is 5.18. The molecule has 0 bridgehead atoms. The Kier molecular flexibility index (Phi) is 4.26. The first kappa shape index (κ1) is 14.4. The van der Waals surface area contributed by atoms with Crippen LogP contribution in [-0.4, -0.2) is 7.11 Å². The summed E-state index contributed by atoms with van der Waals surface area (Å²) >= 11 is 0. The van der Waals surface area contributed by atoms with E-state index in [1.54, 1.807) is 7.11 Å². The Hall–Kier alpha value is -2.06. The highest BCUT2D eigenvalue weighted by Crippen LogP contribution is 2.22. The average Bonchev–Trinajstić information content (AvgIpc) is 2.42. The van der Waals surface area contributed by atoms with Gasteiger partial charge in [-0.1, -0.05) is 30.4 Å². The monoisotopic (exact) mass is 268 g/mol. The zero-order valence-electron chi connectivity index (χ0n) is 12.7. The molecule has 0 amide bonds. The van der Waals surface area contributed by atoms with E-state index in [0.717, 1.165) is 17.0 Å². The van der Waals surface area contributed by atoms with Gasteiger partial charge in [-0.25, -0.2) is 0 Å². The van der Waals surface area contributed by atoms with Crippen LogP contribution in [0, 0.1) is 20.8 Å². The third kappa shape index (κ3) is 3.09. The molecule has 0 heterocycles. The van der Waals surface area contributed by atoms with Crippen molar-refractivity contribution in [2.24, 2.45) is 0 Å². The first-order valence-electron chi connectivity index (χ1n) is 6.77. The molecule has 0 saturated carbocycles. The van der Waals surface area contributed by atoms with E-state index in [0.29, 0.717) is 0 Å². The predicted octanol–water partition coefficient (Wildman–Crippen LogP) is 3.66. The molecule has 0 aliphatic heterocycles. The summed E-state index contributed by atoms with van der Waals surface area (Å²) in [6, 6.07) is 10.5. The highest BCUT2D eigenvalue weighted by Gasteiger charge is 2.02. The summed E-state index contributed by atoms with van der Waals surface area (Å²) in [6.07, 6.45) is 4.25. The lowest BCUT2D eigenvalue weighted by atomic mass is 10.00. The number of quaternary nitrogens is 1. The summed E-state index contributed by atoms with van der Waals surface area (Å²) in [5.74, 6) is 0.823. The Labute approximate surface area is 120 Å². The molecule has 0 fully saturated rings. The van der Waals surface area contributed by atoms with Crippen molar-refractivity contribution in [1.82, 2.24) is 0 Å². The molecule has 20 heavy (non-hydrogen) atoms. The third-order valence-corrected chi connectivity index (χ3v) is 3.72. The van der Waals surface area contributed by atoms with Gasteiger partial charge in [0.1, 0.15) is 0 Å². The van der Waals surface area contributed by atoms with Crippen LogP contribution < -0.4 is 10.5 Å². The predicted molar refractivity (Wildman–Crippen MR) is 85.1 cm³/mol. The number of hydrogen-bond donors (Lipinski definition) is 1. The summed E-state index contributed by atoms with van der Waals surface area (Å²) in [4.78, 5) is 0. The first-order valence-corrected chi connectivity index (χ1v) is 6.77. The van der Waals surface area contributed by atoms with Crippen LogP contribution in [0.4, 0.5) is 5.69 Å². The van der Waals surface area contributed by atoms with Crippen LogP contribution in [0.5, 0.6) is 5.75 Å². The quantitative estimate of drug-likeness (QED) is 0.847. The van der Waals surface area contributed by atoms with Crippen LogP contribution in [0.15, 0.2) is 30.3 Å². The molecule has 2 aromatic rings. The standard InChI is InChI=1S/C18H21NO/c1-12-9-16(10-13(2)14(12)3)6-5-15-7-8-18(20-4)17(19)11-15/h5-11H,19H2,1-4H3/p+1/b6-5+. The summed E-state index contributed by atoms with van der Waals surface area (Å²) < 4.78 is 5.22. The van der Waals surface area contributed by atoms with Crippen molar-refractivity contribution in [3.63, 3.8) is 0 Å². The van der Waals surface area contributed by atoms with E-state index in [2.05, 4.69) is 50.8 Å². The van der Waals surface area contributed by atoms with Gasteiger partial charge in [-0.05, 0) is 54.7 Å². The second kappa shape index (κ2) is 5.93. The minimum absolute atomic E-state index is 0.823. The van der Waals surface area contributed by atoms with Crippen molar-refractivity contribution in [2.45, 2.75) is 20.8 Å². The smallest absolute Gasteiger partial charge is 0.179 e. The molecule has 0 atom stereocenters. The Balaban J connectivity index is 2.27. The molecule has 0 unspecified atom stereocenters. The van der Waals surface area contributed by atoms with Gasteiger partial charge in [-0.3, -0.25) is 0 Å². The van der Waals surface area contributed by atoms with Gasteiger partial charge in [-0.15, -0.1) is 0 Å². The molecule has 0 spiro atoms. The minimum Gasteiger partial charge on any atom is -0.491 e. The van der Waals surface area contributed by atoms with Crippen LogP contribution in [0.2, 0.25) is 0 Å². The number of benzene rings is 2. The molecule has 0 aliphatic carbocycles. The number of hydrogen-bond acceptors (Lipinski definition) is 1. The van der Waals surface area contributed by atoms with Gasteiger partial charge in [-0.2, -0.15) is 0 Å². The van der Waals surface area contributed by atoms with E-state index in [1.807, 2.05) is 18.2 Å². The molecule has 3 N–H and O–H groups in total. The number of ether oxygens (including phenoxy) is 1.